The van der Waals surface area contributed by atoms with Crippen LogP contribution >= 0.6 is 0 Å². The van der Waals surface area contributed by atoms with E-state index in [1.54, 1.807) is 15.7 Å². The lowest BCUT2D eigenvalue weighted by Crippen LogP contribution is -2.48. The lowest BCUT2D eigenvalue weighted by Gasteiger charge is -2.32. The highest BCUT2D eigenvalue weighted by Gasteiger charge is 2.31. The van der Waals surface area contributed by atoms with Crippen LogP contribution in [0.1, 0.15) is 29.6 Å². The molecule has 0 aliphatic carbocycles. The van der Waals surface area contributed by atoms with E-state index in [9.17, 15) is 14.4 Å². The maximum Gasteiger partial charge on any atom is 0.259 e. The zero-order valence-electron chi connectivity index (χ0n) is 23.5. The number of hydrogen-bond donors (Lipinski definition) is 1. The van der Waals surface area contributed by atoms with E-state index < -0.39 is 11.2 Å². The second-order valence-corrected chi connectivity index (χ2v) is 11.4. The van der Waals surface area contributed by atoms with Crippen molar-refractivity contribution in [2.75, 3.05) is 58.2 Å². The van der Waals surface area contributed by atoms with Gasteiger partial charge < -0.3 is 29.3 Å². The van der Waals surface area contributed by atoms with Gasteiger partial charge in [-0.05, 0) is 62.0 Å². The Balaban J connectivity index is 1.37. The summed E-state index contributed by atoms with van der Waals surface area (Å²) < 4.78 is 23.9. The molecular formula is C32H32FN5O4. The van der Waals surface area contributed by atoms with Crippen molar-refractivity contribution in [1.82, 2.24) is 19.3 Å². The van der Waals surface area contributed by atoms with Crippen LogP contribution in [0.25, 0.3) is 27.4 Å². The molecule has 4 aromatic rings. The normalized spacial score (nSPS) is 17.0. The average Bonchev–Trinajstić information content (AvgIpc) is 3.52. The number of amides is 2. The van der Waals surface area contributed by atoms with Gasteiger partial charge >= 0.3 is 0 Å². The van der Waals surface area contributed by atoms with E-state index in [0.29, 0.717) is 49.7 Å². The van der Waals surface area contributed by atoms with Gasteiger partial charge in [0, 0.05) is 45.3 Å². The number of aromatic nitrogens is 1. The van der Waals surface area contributed by atoms with E-state index in [1.807, 2.05) is 43.4 Å². The molecule has 9 nitrogen and oxygen atoms in total. The number of carbonyl (C=O) groups excluding carboxylic acids is 2. The molecule has 0 saturated carbocycles. The van der Waals surface area contributed by atoms with Crippen molar-refractivity contribution in [3.8, 4) is 17.2 Å². The topological polar surface area (TPSA) is 87.1 Å². The molecule has 3 aliphatic rings. The first-order chi connectivity index (χ1) is 20.4. The Hall–Kier alpha value is -4.28. The molecule has 2 amide bonds. The number of halogens is 1. The fourth-order valence-electron chi connectivity index (χ4n) is 6.22. The monoisotopic (exact) mass is 569 g/mol. The third kappa shape index (κ3) is 4.60. The lowest BCUT2D eigenvalue weighted by atomic mass is 10.0. The van der Waals surface area contributed by atoms with Gasteiger partial charge in [0.05, 0.1) is 11.1 Å². The van der Waals surface area contributed by atoms with E-state index in [4.69, 9.17) is 4.74 Å². The molecule has 10 heteroatoms. The third-order valence-corrected chi connectivity index (χ3v) is 8.63. The minimum absolute atomic E-state index is 0.0244. The zero-order chi connectivity index (χ0) is 29.0. The number of hydrogen-bond acceptors (Lipinski definition) is 6. The number of ether oxygens (including phenoxy) is 1. The van der Waals surface area contributed by atoms with Gasteiger partial charge in [0.15, 0.2) is 17.3 Å². The van der Waals surface area contributed by atoms with Crippen molar-refractivity contribution in [3.05, 3.63) is 70.3 Å². The van der Waals surface area contributed by atoms with E-state index in [-0.39, 0.29) is 40.6 Å². The van der Waals surface area contributed by atoms with Gasteiger partial charge in [-0.1, -0.05) is 24.3 Å². The molecule has 0 radical (unpaired) electrons. The maximum atomic E-state index is 15.8. The molecule has 4 heterocycles. The van der Waals surface area contributed by atoms with Crippen molar-refractivity contribution in [2.24, 2.45) is 0 Å². The second kappa shape index (κ2) is 10.5. The van der Waals surface area contributed by atoms with Crippen molar-refractivity contribution in [1.29, 1.82) is 0 Å². The molecule has 2 saturated heterocycles. The Morgan fingerprint density at radius 1 is 0.976 bits per heavy atom. The SMILES string of the molecule is CN1CCN(C(=O)c2cn3c4c(c(NC(=O)CCN5CCCC5)c(F)cc4c2=O)Oc2cc4ccccc4cc2-3)CC1. The standard InChI is InChI=1S/C32H32FN5O4/c1-35-12-14-37(15-13-35)32(41)23-19-38-25-16-20-6-2-3-7-21(20)17-26(25)42-31-28(24(33)18-22(29(31)38)30(23)40)34-27(39)8-11-36-9-4-5-10-36/h2-3,6-7,16-19H,4-5,8-15H2,1H3,(H,34,39). The summed E-state index contributed by atoms with van der Waals surface area (Å²) in [4.78, 5) is 46.4. The van der Waals surface area contributed by atoms with Crippen LogP contribution in [0.4, 0.5) is 10.1 Å². The van der Waals surface area contributed by atoms with Crippen LogP contribution in [0.5, 0.6) is 11.5 Å². The molecule has 42 heavy (non-hydrogen) atoms. The number of piperazine rings is 1. The van der Waals surface area contributed by atoms with E-state index in [0.717, 1.165) is 42.8 Å². The third-order valence-electron chi connectivity index (χ3n) is 8.63. The Morgan fingerprint density at radius 2 is 1.69 bits per heavy atom. The van der Waals surface area contributed by atoms with Gasteiger partial charge in [0.1, 0.15) is 16.8 Å². The number of likely N-dealkylation sites (tertiary alicyclic amines) is 1. The van der Waals surface area contributed by atoms with Crippen molar-refractivity contribution in [3.63, 3.8) is 0 Å². The van der Waals surface area contributed by atoms with Crippen LogP contribution < -0.4 is 15.5 Å². The van der Waals surface area contributed by atoms with Gasteiger partial charge in [-0.3, -0.25) is 14.4 Å². The fourth-order valence-corrected chi connectivity index (χ4v) is 6.22. The van der Waals surface area contributed by atoms with Crippen LogP contribution in [-0.2, 0) is 4.79 Å². The Labute approximate surface area is 242 Å². The second-order valence-electron chi connectivity index (χ2n) is 11.4. The van der Waals surface area contributed by atoms with Crippen molar-refractivity contribution in [2.45, 2.75) is 19.3 Å². The summed E-state index contributed by atoms with van der Waals surface area (Å²) in [5.41, 5.74) is 0.232. The summed E-state index contributed by atoms with van der Waals surface area (Å²) in [7, 11) is 1.99. The summed E-state index contributed by atoms with van der Waals surface area (Å²) in [6.07, 6.45) is 3.99. The van der Waals surface area contributed by atoms with E-state index in [1.165, 1.54) is 0 Å². The molecule has 7 rings (SSSR count). The molecule has 2 fully saturated rings. The lowest BCUT2D eigenvalue weighted by molar-refractivity contribution is -0.116. The number of benzene rings is 3. The van der Waals surface area contributed by atoms with E-state index >= 15 is 4.39 Å². The fraction of sp³-hybridized carbons (Fsp3) is 0.344. The first-order valence-corrected chi connectivity index (χ1v) is 14.5. The predicted octanol–water partition coefficient (Wildman–Crippen LogP) is 4.20. The largest absolute Gasteiger partial charge is 0.451 e. The number of rotatable bonds is 5. The van der Waals surface area contributed by atoms with Crippen LogP contribution in [-0.4, -0.2) is 83.9 Å². The summed E-state index contributed by atoms with van der Waals surface area (Å²) in [5, 5.41) is 4.61. The summed E-state index contributed by atoms with van der Waals surface area (Å²) in [5.74, 6) is -1.02. The Kier molecular flexibility index (Phi) is 6.67. The highest BCUT2D eigenvalue weighted by molar-refractivity contribution is 6.04. The van der Waals surface area contributed by atoms with Crippen LogP contribution in [0.3, 0.4) is 0 Å². The zero-order valence-corrected chi connectivity index (χ0v) is 23.5. The van der Waals surface area contributed by atoms with Gasteiger partial charge in [0.2, 0.25) is 11.3 Å². The molecule has 1 N–H and O–H groups in total. The van der Waals surface area contributed by atoms with Crippen LogP contribution in [0.2, 0.25) is 0 Å². The first-order valence-electron chi connectivity index (χ1n) is 14.5. The Morgan fingerprint density at radius 3 is 2.43 bits per heavy atom. The van der Waals surface area contributed by atoms with Gasteiger partial charge in [-0.25, -0.2) is 4.39 Å². The number of likely N-dealkylation sites (N-methyl/N-ethyl adjacent to an activating group) is 1. The van der Waals surface area contributed by atoms with Crippen molar-refractivity contribution >= 4 is 39.2 Å². The van der Waals surface area contributed by atoms with E-state index in [2.05, 4.69) is 15.1 Å². The molecule has 1 aromatic heterocycles. The number of pyridine rings is 1. The molecule has 3 aromatic carbocycles. The maximum absolute atomic E-state index is 15.8. The highest BCUT2D eigenvalue weighted by Crippen LogP contribution is 2.46. The van der Waals surface area contributed by atoms with Gasteiger partial charge in [0.25, 0.3) is 5.91 Å². The van der Waals surface area contributed by atoms with Gasteiger partial charge in [-0.2, -0.15) is 0 Å². The average molecular weight is 570 g/mol. The number of nitrogens with one attached hydrogen (secondary N) is 1. The van der Waals surface area contributed by atoms with Crippen molar-refractivity contribution < 1.29 is 18.7 Å². The molecule has 0 unspecified atom stereocenters. The quantitative estimate of drug-likeness (QED) is 0.342. The minimum Gasteiger partial charge on any atom is -0.451 e. The van der Waals surface area contributed by atoms with Crippen LogP contribution in [0.15, 0.2) is 53.5 Å². The highest BCUT2D eigenvalue weighted by atomic mass is 19.1. The molecule has 0 bridgehead atoms. The minimum atomic E-state index is -0.788. The molecule has 3 aliphatic heterocycles. The summed E-state index contributed by atoms with van der Waals surface area (Å²) in [6, 6.07) is 12.7. The smallest absolute Gasteiger partial charge is 0.259 e. The molecule has 0 atom stereocenters. The van der Waals surface area contributed by atoms with Gasteiger partial charge in [-0.15, -0.1) is 0 Å². The number of nitrogens with zero attached hydrogens (tertiary/aromatic N) is 4. The molecule has 0 spiro atoms. The number of fused-ring (bicyclic) bond motifs is 3. The number of anilines is 1. The Bertz CT molecular complexity index is 1810. The summed E-state index contributed by atoms with van der Waals surface area (Å²) >= 11 is 0. The predicted molar refractivity (Wildman–Crippen MR) is 159 cm³/mol. The first kappa shape index (κ1) is 26.6. The molecular weight excluding hydrogens is 537 g/mol. The summed E-state index contributed by atoms with van der Waals surface area (Å²) in [6.45, 7) is 4.91. The number of carbonyl (C=O) groups is 2. The molecule has 216 valence electrons. The van der Waals surface area contributed by atoms with Crippen LogP contribution in [0, 0.1) is 5.82 Å².